The number of carbonyl (C=O) groups is 1. The molecule has 1 saturated heterocycles. The Balaban J connectivity index is 1.44. The number of hydrogen-bond acceptors (Lipinski definition) is 8. The zero-order valence-corrected chi connectivity index (χ0v) is 20.2. The molecule has 0 bridgehead atoms. The number of likely N-dealkylation sites (tertiary alicyclic amines) is 1. The van der Waals surface area contributed by atoms with Crippen molar-refractivity contribution in [3.05, 3.63) is 53.5 Å². The Morgan fingerprint density at radius 3 is 2.86 bits per heavy atom. The van der Waals surface area contributed by atoms with Gasteiger partial charge in [0.15, 0.2) is 11.5 Å². The Hall–Kier alpha value is -3.39. The van der Waals surface area contributed by atoms with Gasteiger partial charge in [-0.05, 0) is 63.4 Å². The largest absolute Gasteiger partial charge is 0.493 e. The molecule has 1 aliphatic carbocycles. The Kier molecular flexibility index (Phi) is 7.28. The van der Waals surface area contributed by atoms with E-state index in [-0.39, 0.29) is 6.10 Å². The number of nitrogens with one attached hydrogen (secondary N) is 1. The molecule has 8 heteroatoms. The first-order valence-corrected chi connectivity index (χ1v) is 12.4. The fourth-order valence-corrected chi connectivity index (χ4v) is 5.11. The van der Waals surface area contributed by atoms with E-state index < -0.39 is 0 Å². The molecule has 0 amide bonds. The lowest BCUT2D eigenvalue weighted by atomic mass is 10.0. The van der Waals surface area contributed by atoms with Gasteiger partial charge in [0.2, 0.25) is 0 Å². The molecular weight excluding hydrogens is 444 g/mol. The quantitative estimate of drug-likeness (QED) is 0.324. The number of benzene rings is 1. The maximum absolute atomic E-state index is 11.2. The second-order valence-electron chi connectivity index (χ2n) is 9.05. The highest BCUT2D eigenvalue weighted by Crippen LogP contribution is 2.44. The molecule has 3 aromatic rings. The van der Waals surface area contributed by atoms with Gasteiger partial charge in [-0.1, -0.05) is 6.07 Å². The number of pyridine rings is 2. The molecule has 1 aliphatic heterocycles. The summed E-state index contributed by atoms with van der Waals surface area (Å²) in [5.41, 5.74) is 4.52. The van der Waals surface area contributed by atoms with Gasteiger partial charge in [-0.15, -0.1) is 0 Å². The second kappa shape index (κ2) is 10.9. The fourth-order valence-electron chi connectivity index (χ4n) is 5.11. The minimum absolute atomic E-state index is 0.321. The summed E-state index contributed by atoms with van der Waals surface area (Å²) in [4.78, 5) is 23.0. The monoisotopic (exact) mass is 476 g/mol. The summed E-state index contributed by atoms with van der Waals surface area (Å²) < 4.78 is 17.3. The van der Waals surface area contributed by atoms with Crippen LogP contribution in [0.2, 0.25) is 0 Å². The topological polar surface area (TPSA) is 85.8 Å². The number of anilines is 1. The molecule has 5 rings (SSSR count). The van der Waals surface area contributed by atoms with Crippen molar-refractivity contribution in [2.75, 3.05) is 38.7 Å². The van der Waals surface area contributed by atoms with Crippen LogP contribution in [-0.4, -0.2) is 54.7 Å². The number of aryl methyl sites for hydroxylation is 1. The van der Waals surface area contributed by atoms with Crippen LogP contribution < -0.4 is 14.8 Å². The Morgan fingerprint density at radius 1 is 1.20 bits per heavy atom. The highest BCUT2D eigenvalue weighted by Gasteiger charge is 2.30. The molecule has 1 unspecified atom stereocenters. The summed E-state index contributed by atoms with van der Waals surface area (Å²) >= 11 is 0. The molecular formula is C27H32N4O4. The Labute approximate surface area is 205 Å². The fraction of sp³-hybridized carbons (Fsp3) is 0.444. The van der Waals surface area contributed by atoms with Crippen LogP contribution in [0, 0.1) is 0 Å². The molecule has 2 aliphatic rings. The zero-order valence-electron chi connectivity index (χ0n) is 20.2. The van der Waals surface area contributed by atoms with Crippen LogP contribution in [0.1, 0.15) is 48.7 Å². The number of carbonyl (C=O) groups excluding carboxylic acids is 1. The van der Waals surface area contributed by atoms with Gasteiger partial charge in [0.25, 0.3) is 6.47 Å². The normalized spacial score (nSPS) is 17.3. The van der Waals surface area contributed by atoms with E-state index in [0.29, 0.717) is 37.5 Å². The van der Waals surface area contributed by atoms with E-state index in [2.05, 4.69) is 15.2 Å². The van der Waals surface area contributed by atoms with Gasteiger partial charge >= 0.3 is 0 Å². The summed E-state index contributed by atoms with van der Waals surface area (Å²) in [6, 6.07) is 9.77. The lowest BCUT2D eigenvalue weighted by Crippen LogP contribution is -2.21. The lowest BCUT2D eigenvalue weighted by Gasteiger charge is -2.20. The van der Waals surface area contributed by atoms with E-state index in [1.54, 1.807) is 13.3 Å². The van der Waals surface area contributed by atoms with Crippen molar-refractivity contribution in [2.45, 2.75) is 44.8 Å². The van der Waals surface area contributed by atoms with Gasteiger partial charge in [-0.3, -0.25) is 14.8 Å². The third kappa shape index (κ3) is 5.17. The number of hydrogen-bond donors (Lipinski definition) is 1. The summed E-state index contributed by atoms with van der Waals surface area (Å²) in [7, 11) is 1.65. The first kappa shape index (κ1) is 23.4. The molecule has 35 heavy (non-hydrogen) atoms. The van der Waals surface area contributed by atoms with E-state index in [0.717, 1.165) is 52.9 Å². The minimum Gasteiger partial charge on any atom is -0.493 e. The van der Waals surface area contributed by atoms with E-state index in [1.165, 1.54) is 25.9 Å². The van der Waals surface area contributed by atoms with Gasteiger partial charge in [0.05, 0.1) is 42.9 Å². The molecule has 1 aromatic carbocycles. The standard InChI is InChI=1S/C27H32N4O4/c1-33-24-15-20-22(16-25(24)34-14-6-13-31-11-4-5-12-31)30-21-8-9-23(35-18-32)26(21)27(20)29-17-19-7-2-3-10-28-19/h2-3,7,10,15-16,18,23H,4-6,8-9,11-14,17H2,1H3,(H,29,30). The highest BCUT2D eigenvalue weighted by molar-refractivity contribution is 5.96. The molecule has 0 saturated carbocycles. The molecule has 2 aromatic heterocycles. The van der Waals surface area contributed by atoms with Crippen LogP contribution in [0.5, 0.6) is 11.5 Å². The predicted octanol–water partition coefficient (Wildman–Crippen LogP) is 4.28. The van der Waals surface area contributed by atoms with Crippen LogP contribution in [0.3, 0.4) is 0 Å². The number of ether oxygens (including phenoxy) is 3. The summed E-state index contributed by atoms with van der Waals surface area (Å²) in [6.07, 6.45) is 6.49. The number of fused-ring (bicyclic) bond motifs is 2. The van der Waals surface area contributed by atoms with Crippen molar-refractivity contribution < 1.29 is 19.0 Å². The van der Waals surface area contributed by atoms with Crippen LogP contribution in [0.4, 0.5) is 5.69 Å². The number of methoxy groups -OCH3 is 1. The van der Waals surface area contributed by atoms with Crippen LogP contribution in [-0.2, 0) is 22.5 Å². The molecule has 8 nitrogen and oxygen atoms in total. The van der Waals surface area contributed by atoms with E-state index in [1.807, 2.05) is 30.3 Å². The van der Waals surface area contributed by atoms with Crippen molar-refractivity contribution in [2.24, 2.45) is 0 Å². The number of aromatic nitrogens is 2. The first-order valence-electron chi connectivity index (χ1n) is 12.4. The van der Waals surface area contributed by atoms with Gasteiger partial charge in [0, 0.05) is 29.8 Å². The lowest BCUT2D eigenvalue weighted by molar-refractivity contribution is -0.133. The zero-order chi connectivity index (χ0) is 24.0. The van der Waals surface area contributed by atoms with Crippen molar-refractivity contribution in [1.82, 2.24) is 14.9 Å². The first-order chi connectivity index (χ1) is 17.3. The Bertz CT molecular complexity index is 1170. The van der Waals surface area contributed by atoms with Gasteiger partial charge < -0.3 is 24.4 Å². The maximum Gasteiger partial charge on any atom is 0.293 e. The van der Waals surface area contributed by atoms with E-state index >= 15 is 0 Å². The second-order valence-corrected chi connectivity index (χ2v) is 9.05. The van der Waals surface area contributed by atoms with Crippen molar-refractivity contribution in [3.8, 4) is 11.5 Å². The molecule has 1 atom stereocenters. The molecule has 1 fully saturated rings. The van der Waals surface area contributed by atoms with Crippen LogP contribution >= 0.6 is 0 Å². The number of rotatable bonds is 11. The summed E-state index contributed by atoms with van der Waals surface area (Å²) in [5, 5.41) is 4.45. The summed E-state index contributed by atoms with van der Waals surface area (Å²) in [5.74, 6) is 1.36. The van der Waals surface area contributed by atoms with Gasteiger partial charge in [-0.2, -0.15) is 0 Å². The van der Waals surface area contributed by atoms with Gasteiger partial charge in [-0.25, -0.2) is 0 Å². The average molecular weight is 477 g/mol. The third-order valence-electron chi connectivity index (χ3n) is 6.82. The van der Waals surface area contributed by atoms with Crippen molar-refractivity contribution >= 4 is 23.1 Å². The number of nitrogens with zero attached hydrogens (tertiary/aromatic N) is 3. The maximum atomic E-state index is 11.2. The highest BCUT2D eigenvalue weighted by atomic mass is 16.5. The third-order valence-corrected chi connectivity index (χ3v) is 6.82. The van der Waals surface area contributed by atoms with Crippen LogP contribution in [0.25, 0.3) is 10.9 Å². The molecule has 3 heterocycles. The molecule has 1 N–H and O–H groups in total. The van der Waals surface area contributed by atoms with Crippen LogP contribution in [0.15, 0.2) is 36.5 Å². The average Bonchev–Trinajstić information content (AvgIpc) is 3.55. The molecule has 184 valence electrons. The molecule has 0 radical (unpaired) electrons. The van der Waals surface area contributed by atoms with Crippen molar-refractivity contribution in [1.29, 1.82) is 0 Å². The SMILES string of the molecule is COc1cc2c(NCc3ccccn3)c3c(nc2cc1OCCCN1CCCC1)CCC3OC=O. The van der Waals surface area contributed by atoms with E-state index in [4.69, 9.17) is 19.2 Å². The minimum atomic E-state index is -0.321. The van der Waals surface area contributed by atoms with Gasteiger partial charge in [0.1, 0.15) is 6.10 Å². The Morgan fingerprint density at radius 2 is 2.09 bits per heavy atom. The van der Waals surface area contributed by atoms with Crippen molar-refractivity contribution in [3.63, 3.8) is 0 Å². The smallest absolute Gasteiger partial charge is 0.293 e. The van der Waals surface area contributed by atoms with E-state index in [9.17, 15) is 4.79 Å². The summed E-state index contributed by atoms with van der Waals surface area (Å²) in [6.45, 7) is 5.13. The molecule has 0 spiro atoms. The predicted molar refractivity (Wildman–Crippen MR) is 134 cm³/mol.